The Hall–Kier alpha value is -0.280. The molecule has 1 saturated heterocycles. The van der Waals surface area contributed by atoms with Crippen molar-refractivity contribution in [2.45, 2.75) is 25.6 Å². The minimum absolute atomic E-state index is 0.0737. The van der Waals surface area contributed by atoms with E-state index in [1.54, 1.807) is 7.11 Å². The van der Waals surface area contributed by atoms with Gasteiger partial charge in [0.25, 0.3) is 0 Å². The molecule has 1 amide bonds. The number of alkyl halides is 1. The van der Waals surface area contributed by atoms with E-state index in [4.69, 9.17) is 16.3 Å². The Labute approximate surface area is 96.7 Å². The van der Waals surface area contributed by atoms with Crippen LogP contribution in [-0.2, 0) is 9.53 Å². The van der Waals surface area contributed by atoms with Crippen LogP contribution >= 0.6 is 11.6 Å². The molecule has 0 spiro atoms. The van der Waals surface area contributed by atoms with E-state index in [2.05, 4.69) is 6.92 Å². The van der Waals surface area contributed by atoms with E-state index in [-0.39, 0.29) is 11.3 Å². The first kappa shape index (κ1) is 12.8. The number of likely N-dealkylation sites (tertiary alicyclic amines) is 1. The second-order valence-corrected chi connectivity index (χ2v) is 4.84. The molecule has 0 bridgehead atoms. The fourth-order valence-electron chi connectivity index (χ4n) is 2.02. The number of nitrogens with zero attached hydrogens (tertiary/aromatic N) is 1. The Morgan fingerprint density at radius 3 is 2.80 bits per heavy atom. The van der Waals surface area contributed by atoms with Crippen molar-refractivity contribution < 1.29 is 9.53 Å². The number of ether oxygens (including phenoxy) is 1. The fraction of sp³-hybridized carbons (Fsp3) is 0.909. The molecular weight excluding hydrogens is 214 g/mol. The normalized spacial score (nSPS) is 28.1. The lowest BCUT2D eigenvalue weighted by atomic mass is 10.00. The number of hydrogen-bond acceptors (Lipinski definition) is 2. The zero-order chi connectivity index (χ0) is 11.4. The summed E-state index contributed by atoms with van der Waals surface area (Å²) in [7, 11) is 1.70. The zero-order valence-corrected chi connectivity index (χ0v) is 10.5. The fourth-order valence-corrected chi connectivity index (χ4v) is 2.16. The third-order valence-electron chi connectivity index (χ3n) is 3.09. The van der Waals surface area contributed by atoms with E-state index < -0.39 is 0 Å². The summed E-state index contributed by atoms with van der Waals surface area (Å²) >= 11 is 5.95. The molecule has 0 aromatic rings. The van der Waals surface area contributed by atoms with E-state index >= 15 is 0 Å². The molecule has 1 heterocycles. The smallest absolute Gasteiger partial charge is 0.240 e. The highest BCUT2D eigenvalue weighted by molar-refractivity contribution is 6.30. The van der Waals surface area contributed by atoms with E-state index in [0.29, 0.717) is 18.3 Å². The molecule has 88 valence electrons. The topological polar surface area (TPSA) is 29.5 Å². The monoisotopic (exact) mass is 233 g/mol. The van der Waals surface area contributed by atoms with Gasteiger partial charge in [0.05, 0.1) is 6.61 Å². The van der Waals surface area contributed by atoms with E-state index in [1.165, 1.54) is 0 Å². The van der Waals surface area contributed by atoms with E-state index in [1.807, 2.05) is 11.8 Å². The second kappa shape index (κ2) is 5.71. The molecule has 1 aliphatic rings. The van der Waals surface area contributed by atoms with Gasteiger partial charge in [-0.1, -0.05) is 13.8 Å². The Kier molecular flexibility index (Phi) is 4.87. The Bertz CT molecular complexity index is 223. The van der Waals surface area contributed by atoms with Crippen molar-refractivity contribution in [3.63, 3.8) is 0 Å². The van der Waals surface area contributed by atoms with Gasteiger partial charge in [0, 0.05) is 26.1 Å². The average Bonchev–Trinajstić information content (AvgIpc) is 2.59. The number of carbonyl (C=O) groups excluding carboxylic acids is 1. The summed E-state index contributed by atoms with van der Waals surface area (Å²) in [6.45, 7) is 6.42. The molecule has 0 aromatic heterocycles. The molecule has 0 radical (unpaired) electrons. The van der Waals surface area contributed by atoms with Crippen LogP contribution in [0, 0.1) is 11.8 Å². The number of halogens is 1. The maximum Gasteiger partial charge on any atom is 0.240 e. The van der Waals surface area contributed by atoms with Crippen molar-refractivity contribution in [1.29, 1.82) is 0 Å². The number of rotatable bonds is 4. The summed E-state index contributed by atoms with van der Waals surface area (Å²) in [4.78, 5) is 13.7. The van der Waals surface area contributed by atoms with Crippen LogP contribution in [0.2, 0.25) is 0 Å². The number of amides is 1. The van der Waals surface area contributed by atoms with Crippen molar-refractivity contribution in [1.82, 2.24) is 4.90 Å². The Morgan fingerprint density at radius 1 is 1.60 bits per heavy atom. The Balaban J connectivity index is 2.50. The summed E-state index contributed by atoms with van der Waals surface area (Å²) < 4.78 is 5.14. The molecule has 1 rings (SSSR count). The molecule has 0 N–H and O–H groups in total. The predicted molar refractivity (Wildman–Crippen MR) is 61.0 cm³/mol. The van der Waals surface area contributed by atoms with E-state index in [0.717, 1.165) is 19.7 Å². The van der Waals surface area contributed by atoms with Gasteiger partial charge in [0.1, 0.15) is 5.38 Å². The van der Waals surface area contributed by atoms with Gasteiger partial charge in [-0.15, -0.1) is 11.6 Å². The van der Waals surface area contributed by atoms with Gasteiger partial charge in [-0.25, -0.2) is 0 Å². The van der Waals surface area contributed by atoms with Crippen molar-refractivity contribution in [2.24, 2.45) is 11.8 Å². The van der Waals surface area contributed by atoms with Gasteiger partial charge >= 0.3 is 0 Å². The van der Waals surface area contributed by atoms with Crippen LogP contribution in [0.5, 0.6) is 0 Å². The standard InChI is InChI=1S/C11H20ClNO2/c1-4-10(12)11(14)13-5-8(2)9(6-13)7-15-3/h8-10H,4-7H2,1-3H3/t8-,9-,10-/m0/s1. The van der Waals surface area contributed by atoms with Crippen molar-refractivity contribution in [3.05, 3.63) is 0 Å². The highest BCUT2D eigenvalue weighted by Gasteiger charge is 2.34. The van der Waals surface area contributed by atoms with Crippen molar-refractivity contribution in [2.75, 3.05) is 26.8 Å². The van der Waals surface area contributed by atoms with Crippen molar-refractivity contribution >= 4 is 17.5 Å². The molecule has 0 saturated carbocycles. The summed E-state index contributed by atoms with van der Waals surface area (Å²) in [6.07, 6.45) is 0.695. The quantitative estimate of drug-likeness (QED) is 0.693. The molecule has 3 nitrogen and oxygen atoms in total. The van der Waals surface area contributed by atoms with Crippen LogP contribution in [0.15, 0.2) is 0 Å². The summed E-state index contributed by atoms with van der Waals surface area (Å²) in [5.74, 6) is 1.04. The summed E-state index contributed by atoms with van der Waals surface area (Å²) in [5.41, 5.74) is 0. The van der Waals surface area contributed by atoms with Crippen LogP contribution in [0.4, 0.5) is 0 Å². The lowest BCUT2D eigenvalue weighted by Crippen LogP contribution is -2.35. The van der Waals surface area contributed by atoms with Crippen LogP contribution in [-0.4, -0.2) is 43.0 Å². The van der Waals surface area contributed by atoms with Crippen LogP contribution in [0.1, 0.15) is 20.3 Å². The van der Waals surface area contributed by atoms with Crippen LogP contribution < -0.4 is 0 Å². The maximum absolute atomic E-state index is 11.8. The molecule has 15 heavy (non-hydrogen) atoms. The highest BCUT2D eigenvalue weighted by atomic mass is 35.5. The first-order chi connectivity index (χ1) is 7.10. The molecular formula is C11H20ClNO2. The summed E-state index contributed by atoms with van der Waals surface area (Å²) in [6, 6.07) is 0. The highest BCUT2D eigenvalue weighted by Crippen LogP contribution is 2.24. The number of hydrogen-bond donors (Lipinski definition) is 0. The predicted octanol–water partition coefficient (Wildman–Crippen LogP) is 1.74. The first-order valence-electron chi connectivity index (χ1n) is 5.51. The van der Waals surface area contributed by atoms with Gasteiger partial charge < -0.3 is 9.64 Å². The minimum atomic E-state index is -0.363. The van der Waals surface area contributed by atoms with Gasteiger partial charge in [-0.2, -0.15) is 0 Å². The Morgan fingerprint density at radius 2 is 2.27 bits per heavy atom. The third kappa shape index (κ3) is 3.08. The molecule has 0 aromatic carbocycles. The number of carbonyl (C=O) groups is 1. The SMILES string of the molecule is CC[C@H](Cl)C(=O)N1C[C@@H](COC)[C@@H](C)C1. The van der Waals surface area contributed by atoms with Gasteiger partial charge in [-0.05, 0) is 12.3 Å². The summed E-state index contributed by atoms with van der Waals surface area (Å²) in [5, 5.41) is -0.363. The third-order valence-corrected chi connectivity index (χ3v) is 3.58. The molecule has 1 aliphatic heterocycles. The second-order valence-electron chi connectivity index (χ2n) is 4.31. The molecule has 4 heteroatoms. The zero-order valence-electron chi connectivity index (χ0n) is 9.70. The van der Waals surface area contributed by atoms with Crippen LogP contribution in [0.3, 0.4) is 0 Å². The molecule has 0 unspecified atom stereocenters. The minimum Gasteiger partial charge on any atom is -0.384 e. The number of methoxy groups -OCH3 is 1. The van der Waals surface area contributed by atoms with Gasteiger partial charge in [0.2, 0.25) is 5.91 Å². The maximum atomic E-state index is 11.8. The lowest BCUT2D eigenvalue weighted by molar-refractivity contribution is -0.130. The molecule has 3 atom stereocenters. The molecule has 0 aliphatic carbocycles. The van der Waals surface area contributed by atoms with Gasteiger partial charge in [0.15, 0.2) is 0 Å². The van der Waals surface area contributed by atoms with E-state index in [9.17, 15) is 4.79 Å². The molecule has 1 fully saturated rings. The lowest BCUT2D eigenvalue weighted by Gasteiger charge is -2.18. The average molecular weight is 234 g/mol. The first-order valence-corrected chi connectivity index (χ1v) is 5.95. The largest absolute Gasteiger partial charge is 0.384 e. The van der Waals surface area contributed by atoms with Crippen molar-refractivity contribution in [3.8, 4) is 0 Å². The van der Waals surface area contributed by atoms with Gasteiger partial charge in [-0.3, -0.25) is 4.79 Å². The van der Waals surface area contributed by atoms with Crippen LogP contribution in [0.25, 0.3) is 0 Å².